The smallest absolute Gasteiger partial charge is 0.274 e. The molecule has 1 saturated heterocycles. The first kappa shape index (κ1) is 14.1. The Bertz CT molecular complexity index is 526. The molecule has 1 fully saturated rings. The molecule has 0 atom stereocenters. The highest BCUT2D eigenvalue weighted by Crippen LogP contribution is 2.33. The predicted molar refractivity (Wildman–Crippen MR) is 71.3 cm³/mol. The first-order valence-corrected chi connectivity index (χ1v) is 6.04. The van der Waals surface area contributed by atoms with Crippen LogP contribution in [-0.2, 0) is 4.74 Å². The molecule has 20 heavy (non-hydrogen) atoms. The van der Waals surface area contributed by atoms with Crippen molar-refractivity contribution in [3.63, 3.8) is 0 Å². The Labute approximate surface area is 115 Å². The average molecular weight is 281 g/mol. The van der Waals surface area contributed by atoms with Gasteiger partial charge in [-0.15, -0.1) is 0 Å². The highest BCUT2D eigenvalue weighted by Gasteiger charge is 2.16. The summed E-state index contributed by atoms with van der Waals surface area (Å²) in [6, 6.07) is 2.42. The van der Waals surface area contributed by atoms with E-state index in [1.165, 1.54) is 25.5 Å². The van der Waals surface area contributed by atoms with Gasteiger partial charge in [0.1, 0.15) is 0 Å². The van der Waals surface area contributed by atoms with E-state index in [9.17, 15) is 15.2 Å². The number of nitro groups is 1. The van der Waals surface area contributed by atoms with Gasteiger partial charge in [0.15, 0.2) is 11.5 Å². The van der Waals surface area contributed by atoms with Crippen molar-refractivity contribution in [2.75, 3.05) is 33.4 Å². The van der Waals surface area contributed by atoms with Crippen molar-refractivity contribution in [2.24, 2.45) is 5.10 Å². The number of methoxy groups -OCH3 is 1. The Kier molecular flexibility index (Phi) is 4.36. The maximum Gasteiger partial charge on any atom is 0.274 e. The van der Waals surface area contributed by atoms with Crippen molar-refractivity contribution in [1.82, 2.24) is 5.01 Å². The van der Waals surface area contributed by atoms with Gasteiger partial charge in [0, 0.05) is 11.6 Å². The van der Waals surface area contributed by atoms with Crippen molar-refractivity contribution in [2.45, 2.75) is 0 Å². The molecule has 1 aliphatic rings. The van der Waals surface area contributed by atoms with Gasteiger partial charge < -0.3 is 14.6 Å². The van der Waals surface area contributed by atoms with Crippen LogP contribution in [0.2, 0.25) is 0 Å². The molecule has 1 aliphatic heterocycles. The molecule has 0 aromatic heterocycles. The van der Waals surface area contributed by atoms with Gasteiger partial charge in [0.2, 0.25) is 0 Å². The van der Waals surface area contributed by atoms with E-state index in [0.717, 1.165) is 0 Å². The van der Waals surface area contributed by atoms with E-state index < -0.39 is 4.92 Å². The number of phenols is 1. The fourth-order valence-corrected chi connectivity index (χ4v) is 1.79. The van der Waals surface area contributed by atoms with Crippen LogP contribution < -0.4 is 4.74 Å². The summed E-state index contributed by atoms with van der Waals surface area (Å²) in [4.78, 5) is 10.3. The van der Waals surface area contributed by atoms with Crippen LogP contribution in [0.3, 0.4) is 0 Å². The Morgan fingerprint density at radius 3 is 2.80 bits per heavy atom. The zero-order valence-electron chi connectivity index (χ0n) is 11.0. The number of morpholine rings is 1. The van der Waals surface area contributed by atoms with Gasteiger partial charge in [-0.1, -0.05) is 0 Å². The van der Waals surface area contributed by atoms with Gasteiger partial charge in [-0.3, -0.25) is 15.1 Å². The van der Waals surface area contributed by atoms with Gasteiger partial charge in [0.05, 0.1) is 50.6 Å². The number of hydrazone groups is 1. The third kappa shape index (κ3) is 3.15. The number of ether oxygens (including phenoxy) is 2. The number of aromatic hydroxyl groups is 1. The van der Waals surface area contributed by atoms with Gasteiger partial charge in [0.25, 0.3) is 5.69 Å². The fraction of sp³-hybridized carbons (Fsp3) is 0.417. The summed E-state index contributed by atoms with van der Waals surface area (Å²) in [5.74, 6) is -0.127. The highest BCUT2D eigenvalue weighted by molar-refractivity contribution is 5.86. The molecule has 0 radical (unpaired) electrons. The van der Waals surface area contributed by atoms with Crippen LogP contribution in [0.15, 0.2) is 17.2 Å². The predicted octanol–water partition coefficient (Wildman–Crippen LogP) is 0.975. The minimum absolute atomic E-state index is 0.0441. The number of phenolic OH excluding ortho intramolecular Hbond substituents is 1. The summed E-state index contributed by atoms with van der Waals surface area (Å²) in [5.41, 5.74) is 0.0746. The molecule has 1 heterocycles. The molecule has 1 N–H and O–H groups in total. The van der Waals surface area contributed by atoms with E-state index >= 15 is 0 Å². The molecule has 8 heteroatoms. The topological polar surface area (TPSA) is 97.4 Å². The average Bonchev–Trinajstić information content (AvgIpc) is 2.47. The van der Waals surface area contributed by atoms with E-state index in [-0.39, 0.29) is 22.7 Å². The molecule has 0 bridgehead atoms. The van der Waals surface area contributed by atoms with Crippen LogP contribution in [0.25, 0.3) is 0 Å². The number of rotatable bonds is 4. The standard InChI is InChI=1S/C12H15N3O5/c1-19-11-7-10(15(17)18)6-9(12(11)16)8-13-14-2-4-20-5-3-14/h6-8,16H,2-5H2,1H3. The Morgan fingerprint density at radius 2 is 2.20 bits per heavy atom. The molecule has 1 aromatic rings. The summed E-state index contributed by atoms with van der Waals surface area (Å²) in [7, 11) is 1.33. The minimum Gasteiger partial charge on any atom is -0.504 e. The van der Waals surface area contributed by atoms with Crippen LogP contribution >= 0.6 is 0 Å². The quantitative estimate of drug-likeness (QED) is 0.502. The van der Waals surface area contributed by atoms with Gasteiger partial charge in [-0.05, 0) is 0 Å². The first-order valence-electron chi connectivity index (χ1n) is 6.04. The molecular formula is C12H15N3O5. The molecule has 0 unspecified atom stereocenters. The maximum absolute atomic E-state index is 10.8. The summed E-state index contributed by atoms with van der Waals surface area (Å²) in [5, 5.41) is 26.7. The number of benzene rings is 1. The Hall–Kier alpha value is -2.35. The van der Waals surface area contributed by atoms with Crippen LogP contribution in [0.1, 0.15) is 5.56 Å². The summed E-state index contributed by atoms with van der Waals surface area (Å²) in [6.45, 7) is 2.45. The SMILES string of the molecule is COc1cc([N+](=O)[O-])cc(C=NN2CCOCC2)c1O. The lowest BCUT2D eigenvalue weighted by molar-refractivity contribution is -0.385. The van der Waals surface area contributed by atoms with Gasteiger partial charge in [-0.25, -0.2) is 0 Å². The lowest BCUT2D eigenvalue weighted by atomic mass is 10.2. The number of non-ortho nitro benzene ring substituents is 1. The van der Waals surface area contributed by atoms with Crippen LogP contribution in [-0.4, -0.2) is 54.7 Å². The molecule has 108 valence electrons. The van der Waals surface area contributed by atoms with E-state index in [2.05, 4.69) is 5.10 Å². The lowest BCUT2D eigenvalue weighted by Gasteiger charge is -2.23. The van der Waals surface area contributed by atoms with Gasteiger partial charge in [-0.2, -0.15) is 5.10 Å². The first-order chi connectivity index (χ1) is 9.61. The molecule has 2 rings (SSSR count). The molecule has 0 amide bonds. The van der Waals surface area contributed by atoms with Crippen molar-refractivity contribution in [3.05, 3.63) is 27.8 Å². The summed E-state index contributed by atoms with van der Waals surface area (Å²) < 4.78 is 10.1. The fourth-order valence-electron chi connectivity index (χ4n) is 1.79. The zero-order valence-corrected chi connectivity index (χ0v) is 11.0. The third-order valence-corrected chi connectivity index (χ3v) is 2.87. The highest BCUT2D eigenvalue weighted by atomic mass is 16.6. The Morgan fingerprint density at radius 1 is 1.50 bits per heavy atom. The van der Waals surface area contributed by atoms with E-state index in [0.29, 0.717) is 26.3 Å². The number of hydrogen-bond donors (Lipinski definition) is 1. The molecule has 0 aliphatic carbocycles. The molecular weight excluding hydrogens is 266 g/mol. The van der Waals surface area contributed by atoms with Crippen molar-refractivity contribution < 1.29 is 19.5 Å². The van der Waals surface area contributed by atoms with E-state index in [4.69, 9.17) is 9.47 Å². The lowest BCUT2D eigenvalue weighted by Crippen LogP contribution is -2.32. The molecule has 0 saturated carbocycles. The minimum atomic E-state index is -0.548. The Balaban J connectivity index is 2.27. The molecule has 8 nitrogen and oxygen atoms in total. The third-order valence-electron chi connectivity index (χ3n) is 2.87. The van der Waals surface area contributed by atoms with Gasteiger partial charge >= 0.3 is 0 Å². The van der Waals surface area contributed by atoms with Crippen LogP contribution in [0.4, 0.5) is 5.69 Å². The number of nitrogens with zero attached hydrogens (tertiary/aromatic N) is 3. The largest absolute Gasteiger partial charge is 0.504 e. The summed E-state index contributed by atoms with van der Waals surface area (Å²) >= 11 is 0. The molecule has 1 aromatic carbocycles. The number of hydrogen-bond acceptors (Lipinski definition) is 7. The van der Waals surface area contributed by atoms with Crippen molar-refractivity contribution in [3.8, 4) is 11.5 Å². The van der Waals surface area contributed by atoms with Crippen molar-refractivity contribution in [1.29, 1.82) is 0 Å². The second-order valence-corrected chi connectivity index (χ2v) is 4.15. The van der Waals surface area contributed by atoms with Crippen LogP contribution in [0.5, 0.6) is 11.5 Å². The van der Waals surface area contributed by atoms with E-state index in [1.54, 1.807) is 5.01 Å². The monoisotopic (exact) mass is 281 g/mol. The van der Waals surface area contributed by atoms with Crippen LogP contribution in [0, 0.1) is 10.1 Å². The summed E-state index contributed by atoms with van der Waals surface area (Å²) in [6.07, 6.45) is 1.39. The number of nitro benzene ring substituents is 1. The second kappa shape index (κ2) is 6.20. The normalized spacial score (nSPS) is 15.6. The van der Waals surface area contributed by atoms with E-state index in [1.807, 2.05) is 0 Å². The van der Waals surface area contributed by atoms with Crippen molar-refractivity contribution >= 4 is 11.9 Å². The maximum atomic E-state index is 10.8. The second-order valence-electron chi connectivity index (χ2n) is 4.15. The molecule has 0 spiro atoms. The zero-order chi connectivity index (χ0) is 14.5.